The number of aliphatic hydroxyl groups excluding tert-OH is 1. The van der Waals surface area contributed by atoms with E-state index in [9.17, 15) is 9.50 Å². The molecule has 0 unspecified atom stereocenters. The van der Waals surface area contributed by atoms with Gasteiger partial charge in [0.05, 0.1) is 11.8 Å². The Bertz CT molecular complexity index is 882. The molecular weight excluding hydrogens is 361 g/mol. The lowest BCUT2D eigenvalue weighted by atomic mass is 9.56. The third-order valence-electron chi connectivity index (χ3n) is 7.37. The van der Waals surface area contributed by atoms with Crippen LogP contribution in [-0.2, 0) is 0 Å². The molecule has 2 aliphatic carbocycles. The van der Waals surface area contributed by atoms with E-state index in [4.69, 9.17) is 0 Å². The quantitative estimate of drug-likeness (QED) is 0.645. The van der Waals surface area contributed by atoms with Crippen LogP contribution in [0.5, 0.6) is 0 Å². The zero-order valence-electron chi connectivity index (χ0n) is 17.7. The summed E-state index contributed by atoms with van der Waals surface area (Å²) in [7, 11) is 0. The Morgan fingerprint density at radius 1 is 1.10 bits per heavy atom. The molecule has 0 aliphatic heterocycles. The van der Waals surface area contributed by atoms with Crippen molar-refractivity contribution in [2.45, 2.75) is 59.0 Å². The highest BCUT2D eigenvalue weighted by Gasteiger charge is 2.58. The molecule has 0 radical (unpaired) electrons. The molecule has 4 rings (SSSR count). The van der Waals surface area contributed by atoms with Gasteiger partial charge in [0.2, 0.25) is 0 Å². The van der Waals surface area contributed by atoms with Gasteiger partial charge in [-0.1, -0.05) is 64.3 Å². The minimum absolute atomic E-state index is 0.0266. The van der Waals surface area contributed by atoms with Crippen LogP contribution in [0, 0.1) is 28.5 Å². The Labute approximate surface area is 173 Å². The number of pyridine rings is 1. The van der Waals surface area contributed by atoms with Crippen LogP contribution < -0.4 is 0 Å². The monoisotopic (exact) mass is 393 g/mol. The van der Waals surface area contributed by atoms with E-state index in [2.05, 4.69) is 37.9 Å². The van der Waals surface area contributed by atoms with Gasteiger partial charge in [0.15, 0.2) is 0 Å². The Kier molecular flexibility index (Phi) is 5.37. The zero-order valence-corrected chi connectivity index (χ0v) is 17.7. The first-order valence-corrected chi connectivity index (χ1v) is 10.9. The molecule has 2 fully saturated rings. The Hall–Kier alpha value is -2.00. The topological polar surface area (TPSA) is 33.1 Å². The number of aliphatic hydroxyl groups is 1. The second-order valence-electron chi connectivity index (χ2n) is 9.90. The second kappa shape index (κ2) is 7.68. The molecule has 1 aromatic carbocycles. The minimum Gasteiger partial charge on any atom is -0.392 e. The summed E-state index contributed by atoms with van der Waals surface area (Å²) in [5.74, 6) is 0.927. The average molecular weight is 394 g/mol. The fourth-order valence-corrected chi connectivity index (χ4v) is 5.95. The predicted molar refractivity (Wildman–Crippen MR) is 117 cm³/mol. The number of hydrogen-bond donors (Lipinski definition) is 1. The number of hydrogen-bond acceptors (Lipinski definition) is 2. The number of aromatic nitrogens is 1. The van der Waals surface area contributed by atoms with Crippen molar-refractivity contribution < 1.29 is 9.50 Å². The molecule has 0 spiro atoms. The smallest absolute Gasteiger partial charge is 0.123 e. The molecule has 2 aromatic rings. The summed E-state index contributed by atoms with van der Waals surface area (Å²) in [6, 6.07) is 10.5. The zero-order chi connectivity index (χ0) is 20.6. The van der Waals surface area contributed by atoms with Crippen LogP contribution in [0.3, 0.4) is 0 Å². The van der Waals surface area contributed by atoms with E-state index in [1.165, 1.54) is 37.8 Å². The van der Waals surface area contributed by atoms with Gasteiger partial charge >= 0.3 is 0 Å². The van der Waals surface area contributed by atoms with E-state index in [1.54, 1.807) is 12.3 Å². The van der Waals surface area contributed by atoms with Gasteiger partial charge in [-0.15, -0.1) is 0 Å². The lowest BCUT2D eigenvalue weighted by molar-refractivity contribution is -0.0282. The SMILES string of the molecule is CC(C)(C)[C@]1(/C=C/c2ccc(-c3cccc(F)c3)cn2)[C@@H]2CCCC[C@H]2C[C@@H]1O. The van der Waals surface area contributed by atoms with E-state index in [0.29, 0.717) is 11.8 Å². The van der Waals surface area contributed by atoms with Crippen LogP contribution in [0.4, 0.5) is 4.39 Å². The lowest BCUT2D eigenvalue weighted by Gasteiger charge is -2.48. The largest absolute Gasteiger partial charge is 0.392 e. The molecular formula is C26H32FNO. The molecule has 1 N–H and O–H groups in total. The number of benzene rings is 1. The van der Waals surface area contributed by atoms with Gasteiger partial charge in [0, 0.05) is 17.2 Å². The Morgan fingerprint density at radius 2 is 1.90 bits per heavy atom. The normalized spacial score (nSPS) is 29.9. The van der Waals surface area contributed by atoms with Crippen molar-refractivity contribution in [1.82, 2.24) is 4.98 Å². The highest BCUT2D eigenvalue weighted by molar-refractivity contribution is 5.63. The fourth-order valence-electron chi connectivity index (χ4n) is 5.95. The van der Waals surface area contributed by atoms with Crippen LogP contribution in [-0.4, -0.2) is 16.2 Å². The van der Waals surface area contributed by atoms with Crippen LogP contribution in [0.25, 0.3) is 17.2 Å². The van der Waals surface area contributed by atoms with Gasteiger partial charge in [-0.05, 0) is 59.9 Å². The van der Waals surface area contributed by atoms with E-state index >= 15 is 0 Å². The molecule has 1 aromatic heterocycles. The van der Waals surface area contributed by atoms with Gasteiger partial charge < -0.3 is 5.11 Å². The van der Waals surface area contributed by atoms with Crippen LogP contribution in [0.1, 0.15) is 58.6 Å². The van der Waals surface area contributed by atoms with Crippen LogP contribution in [0.15, 0.2) is 48.7 Å². The highest BCUT2D eigenvalue weighted by Crippen LogP contribution is 2.61. The molecule has 2 saturated carbocycles. The third-order valence-corrected chi connectivity index (χ3v) is 7.37. The van der Waals surface area contributed by atoms with Gasteiger partial charge in [-0.25, -0.2) is 4.39 Å². The molecule has 2 aliphatic rings. The number of halogens is 1. The summed E-state index contributed by atoms with van der Waals surface area (Å²) in [4.78, 5) is 4.60. The highest BCUT2D eigenvalue weighted by atomic mass is 19.1. The predicted octanol–water partition coefficient (Wildman–Crippen LogP) is 6.50. The molecule has 0 amide bonds. The second-order valence-corrected chi connectivity index (χ2v) is 9.90. The number of fused-ring (bicyclic) bond motifs is 1. The molecule has 154 valence electrons. The summed E-state index contributed by atoms with van der Waals surface area (Å²) in [6.45, 7) is 6.79. The molecule has 0 bridgehead atoms. The third kappa shape index (κ3) is 3.66. The van der Waals surface area contributed by atoms with E-state index in [1.807, 2.05) is 18.2 Å². The van der Waals surface area contributed by atoms with E-state index < -0.39 is 0 Å². The molecule has 3 heteroatoms. The minimum atomic E-state index is -0.307. The van der Waals surface area contributed by atoms with Crippen molar-refractivity contribution in [3.05, 3.63) is 60.2 Å². The standard InChI is InChI=1S/C26H32FNO/c1-25(2,3)26(23-10-5-4-7-19(23)16-24(26)29)14-13-22-12-11-20(17-28-22)18-8-6-9-21(27)15-18/h6,8-9,11-15,17,19,23-24,29H,4-5,7,10,16H2,1-3H3/b14-13+/t19-,23+,24-,26+/m0/s1. The molecule has 4 atom stereocenters. The number of rotatable bonds is 3. The summed E-state index contributed by atoms with van der Waals surface area (Å²) >= 11 is 0. The maximum absolute atomic E-state index is 13.5. The van der Waals surface area contributed by atoms with Crippen LogP contribution in [0.2, 0.25) is 0 Å². The van der Waals surface area contributed by atoms with Gasteiger partial charge in [-0.2, -0.15) is 0 Å². The molecule has 2 nitrogen and oxygen atoms in total. The van der Waals surface area contributed by atoms with Crippen LogP contribution >= 0.6 is 0 Å². The van der Waals surface area contributed by atoms with Crippen molar-refractivity contribution in [2.75, 3.05) is 0 Å². The Balaban J connectivity index is 1.63. The summed E-state index contributed by atoms with van der Waals surface area (Å²) < 4.78 is 13.5. The molecule has 0 saturated heterocycles. The van der Waals surface area contributed by atoms with Gasteiger partial charge in [0.1, 0.15) is 5.82 Å². The number of nitrogens with zero attached hydrogens (tertiary/aromatic N) is 1. The first-order valence-electron chi connectivity index (χ1n) is 10.9. The van der Waals surface area contributed by atoms with E-state index in [0.717, 1.165) is 23.2 Å². The Morgan fingerprint density at radius 3 is 2.59 bits per heavy atom. The van der Waals surface area contributed by atoms with Crippen molar-refractivity contribution >= 4 is 6.08 Å². The van der Waals surface area contributed by atoms with Gasteiger partial charge in [-0.3, -0.25) is 4.98 Å². The fraction of sp³-hybridized carbons (Fsp3) is 0.500. The first kappa shape index (κ1) is 20.3. The van der Waals surface area contributed by atoms with Crippen molar-refractivity contribution in [3.63, 3.8) is 0 Å². The molecule has 29 heavy (non-hydrogen) atoms. The summed E-state index contributed by atoms with van der Waals surface area (Å²) in [5.41, 5.74) is 2.36. The van der Waals surface area contributed by atoms with Crippen molar-refractivity contribution in [3.8, 4) is 11.1 Å². The van der Waals surface area contributed by atoms with Gasteiger partial charge in [0.25, 0.3) is 0 Å². The summed E-state index contributed by atoms with van der Waals surface area (Å²) in [6.07, 6.45) is 11.8. The van der Waals surface area contributed by atoms with E-state index in [-0.39, 0.29) is 22.8 Å². The summed E-state index contributed by atoms with van der Waals surface area (Å²) in [5, 5.41) is 11.2. The maximum Gasteiger partial charge on any atom is 0.123 e. The maximum atomic E-state index is 13.5. The van der Waals surface area contributed by atoms with Crippen molar-refractivity contribution in [2.24, 2.45) is 22.7 Å². The van der Waals surface area contributed by atoms with Crippen molar-refractivity contribution in [1.29, 1.82) is 0 Å². The lowest BCUT2D eigenvalue weighted by Crippen LogP contribution is -2.46. The average Bonchev–Trinajstić information content (AvgIpc) is 2.99. The first-order chi connectivity index (χ1) is 13.8. The molecule has 1 heterocycles.